The molecule has 0 saturated carbocycles. The van der Waals surface area contributed by atoms with Gasteiger partial charge in [0.05, 0.1) is 42.2 Å². The van der Waals surface area contributed by atoms with Gasteiger partial charge in [-0.25, -0.2) is 19.5 Å². The van der Waals surface area contributed by atoms with Gasteiger partial charge in [0.1, 0.15) is 27.8 Å². The SMILES string of the molecule is CC(C)(C)OC(=O)NC#CC1CCCN1c1c(/C=C(\F)c2cncc(-c3ccnnc3)n2)ccc(Oc2ccccc2)c1Cl. The van der Waals surface area contributed by atoms with E-state index < -0.39 is 17.5 Å². The number of hydrogen-bond acceptors (Lipinski definition) is 8. The molecule has 2 aromatic carbocycles. The van der Waals surface area contributed by atoms with Crippen molar-refractivity contribution in [2.45, 2.75) is 45.3 Å². The average Bonchev–Trinajstić information content (AvgIpc) is 3.46. The van der Waals surface area contributed by atoms with Crippen molar-refractivity contribution >= 4 is 35.3 Å². The Bertz CT molecular complexity index is 1720. The fraction of sp³-hybridized carbons (Fsp3) is 0.242. The maximum Gasteiger partial charge on any atom is 0.419 e. The van der Waals surface area contributed by atoms with Gasteiger partial charge in [-0.05, 0) is 70.0 Å². The van der Waals surface area contributed by atoms with Crippen LogP contribution in [-0.4, -0.2) is 44.4 Å². The number of nitrogens with zero attached hydrogens (tertiary/aromatic N) is 5. The van der Waals surface area contributed by atoms with Gasteiger partial charge in [0.25, 0.3) is 0 Å². The molecule has 5 rings (SSSR count). The van der Waals surface area contributed by atoms with Crippen LogP contribution < -0.4 is 15.0 Å². The number of benzene rings is 2. The number of anilines is 1. The van der Waals surface area contributed by atoms with Crippen LogP contribution in [-0.2, 0) is 4.74 Å². The number of nitrogens with one attached hydrogen (secondary N) is 1. The average molecular weight is 613 g/mol. The lowest BCUT2D eigenvalue weighted by molar-refractivity contribution is 0.0557. The molecule has 0 aliphatic carbocycles. The monoisotopic (exact) mass is 612 g/mol. The molecule has 1 unspecified atom stereocenters. The summed E-state index contributed by atoms with van der Waals surface area (Å²) in [5.41, 5.74) is 1.56. The summed E-state index contributed by atoms with van der Waals surface area (Å²) in [5.74, 6) is 3.50. The fourth-order valence-corrected chi connectivity index (χ4v) is 4.91. The molecule has 1 aliphatic rings. The minimum absolute atomic E-state index is 0.0466. The number of para-hydroxylation sites is 1. The zero-order valence-corrected chi connectivity index (χ0v) is 25.2. The van der Waals surface area contributed by atoms with Crippen LogP contribution in [0.1, 0.15) is 44.9 Å². The summed E-state index contributed by atoms with van der Waals surface area (Å²) in [7, 11) is 0. The normalized spacial score (nSPS) is 14.9. The molecule has 1 N–H and O–H groups in total. The Morgan fingerprint density at radius 3 is 2.68 bits per heavy atom. The van der Waals surface area contributed by atoms with E-state index in [1.54, 1.807) is 39.0 Å². The molecule has 224 valence electrons. The molecule has 0 radical (unpaired) electrons. The Hall–Kier alpha value is -5.01. The number of hydrogen-bond donors (Lipinski definition) is 1. The first-order valence-corrected chi connectivity index (χ1v) is 14.3. The van der Waals surface area contributed by atoms with E-state index in [0.717, 1.165) is 6.42 Å². The van der Waals surface area contributed by atoms with Gasteiger partial charge in [0.2, 0.25) is 0 Å². The quantitative estimate of drug-likeness (QED) is 0.179. The highest BCUT2D eigenvalue weighted by atomic mass is 35.5. The number of alkyl carbamates (subject to hydrolysis) is 1. The summed E-state index contributed by atoms with van der Waals surface area (Å²) >= 11 is 7.00. The van der Waals surface area contributed by atoms with Crippen LogP contribution in [0.25, 0.3) is 23.2 Å². The third-order valence-corrected chi connectivity index (χ3v) is 6.83. The van der Waals surface area contributed by atoms with Crippen LogP contribution in [0.4, 0.5) is 14.9 Å². The summed E-state index contributed by atoms with van der Waals surface area (Å²) in [6, 6.07) is 16.8. The molecule has 11 heteroatoms. The smallest absolute Gasteiger partial charge is 0.419 e. The van der Waals surface area contributed by atoms with E-state index in [0.29, 0.717) is 52.0 Å². The third kappa shape index (κ3) is 7.68. The van der Waals surface area contributed by atoms with Crippen molar-refractivity contribution in [3.8, 4) is 34.7 Å². The van der Waals surface area contributed by atoms with Crippen molar-refractivity contribution < 1.29 is 18.7 Å². The summed E-state index contributed by atoms with van der Waals surface area (Å²) in [6.45, 7) is 5.93. The van der Waals surface area contributed by atoms with Crippen molar-refractivity contribution in [1.82, 2.24) is 25.5 Å². The second-order valence-corrected chi connectivity index (χ2v) is 11.3. The largest absolute Gasteiger partial charge is 0.456 e. The number of aromatic nitrogens is 4. The molecule has 9 nitrogen and oxygen atoms in total. The topological polar surface area (TPSA) is 102 Å². The summed E-state index contributed by atoms with van der Waals surface area (Å²) in [4.78, 5) is 22.7. The molecule has 1 fully saturated rings. The maximum absolute atomic E-state index is 15.8. The van der Waals surface area contributed by atoms with E-state index >= 15 is 4.39 Å². The molecule has 4 aromatic rings. The van der Waals surface area contributed by atoms with Crippen molar-refractivity contribution in [3.05, 3.63) is 89.6 Å². The van der Waals surface area contributed by atoms with E-state index in [1.807, 2.05) is 35.2 Å². The molecular weight excluding hydrogens is 583 g/mol. The fourth-order valence-electron chi connectivity index (χ4n) is 4.59. The van der Waals surface area contributed by atoms with Gasteiger partial charge < -0.3 is 14.4 Å². The van der Waals surface area contributed by atoms with Gasteiger partial charge in [-0.3, -0.25) is 4.98 Å². The molecule has 1 saturated heterocycles. The highest BCUT2D eigenvalue weighted by Gasteiger charge is 2.29. The van der Waals surface area contributed by atoms with Gasteiger partial charge in [-0.15, -0.1) is 0 Å². The standard InChI is InChI=1S/C33H30ClFN6O3/c1-33(2,3)44-32(42)37-15-14-24-8-7-17-41(24)31-22(11-12-29(30(31)34)43-25-9-5-4-6-10-25)18-26(35)28-21-36-20-27(40-28)23-13-16-38-39-19-23/h4-6,9-13,16,18-21,24H,7-8,17H2,1-3H3,(H,37,42)/b26-18-. The first kappa shape index (κ1) is 30.4. The van der Waals surface area contributed by atoms with Crippen LogP contribution in [0, 0.1) is 12.0 Å². The molecule has 0 spiro atoms. The lowest BCUT2D eigenvalue weighted by Crippen LogP contribution is -2.31. The molecular formula is C33H30ClFN6O3. The predicted octanol–water partition coefficient (Wildman–Crippen LogP) is 7.30. The van der Waals surface area contributed by atoms with Crippen LogP contribution in [0.2, 0.25) is 5.02 Å². The van der Waals surface area contributed by atoms with Crippen molar-refractivity contribution in [2.75, 3.05) is 11.4 Å². The zero-order chi connectivity index (χ0) is 31.1. The van der Waals surface area contributed by atoms with Gasteiger partial charge in [-0.1, -0.05) is 35.7 Å². The first-order valence-electron chi connectivity index (χ1n) is 14.0. The lowest BCUT2D eigenvalue weighted by atomic mass is 10.1. The lowest BCUT2D eigenvalue weighted by Gasteiger charge is -2.27. The summed E-state index contributed by atoms with van der Waals surface area (Å²) in [6.07, 6.45) is 8.20. The van der Waals surface area contributed by atoms with Crippen LogP contribution in [0.5, 0.6) is 11.5 Å². The Balaban J connectivity index is 1.51. The Morgan fingerprint density at radius 1 is 1.11 bits per heavy atom. The number of rotatable bonds is 6. The van der Waals surface area contributed by atoms with E-state index in [9.17, 15) is 4.79 Å². The number of carbonyl (C=O) groups is 1. The zero-order valence-electron chi connectivity index (χ0n) is 24.4. The van der Waals surface area contributed by atoms with E-state index in [1.165, 1.54) is 30.9 Å². The number of halogens is 2. The Morgan fingerprint density at radius 2 is 1.93 bits per heavy atom. The molecule has 1 aliphatic heterocycles. The molecule has 0 bridgehead atoms. The van der Waals surface area contributed by atoms with Crippen LogP contribution >= 0.6 is 11.6 Å². The minimum atomic E-state index is -0.651. The third-order valence-electron chi connectivity index (χ3n) is 6.47. The molecule has 44 heavy (non-hydrogen) atoms. The maximum atomic E-state index is 15.8. The van der Waals surface area contributed by atoms with Gasteiger partial charge >= 0.3 is 6.09 Å². The summed E-state index contributed by atoms with van der Waals surface area (Å²) in [5, 5.41) is 10.4. The molecule has 2 aromatic heterocycles. The van der Waals surface area contributed by atoms with E-state index in [-0.39, 0.29) is 11.7 Å². The van der Waals surface area contributed by atoms with Crippen LogP contribution in [0.3, 0.4) is 0 Å². The Labute approximate surface area is 260 Å². The van der Waals surface area contributed by atoms with Gasteiger partial charge in [-0.2, -0.15) is 10.2 Å². The summed E-state index contributed by atoms with van der Waals surface area (Å²) < 4.78 is 27.2. The Kier molecular flexibility index (Phi) is 9.36. The van der Waals surface area contributed by atoms with Crippen LogP contribution in [0.15, 0.2) is 73.3 Å². The second-order valence-electron chi connectivity index (χ2n) is 10.9. The number of ether oxygens (including phenoxy) is 2. The minimum Gasteiger partial charge on any atom is -0.456 e. The van der Waals surface area contributed by atoms with E-state index in [4.69, 9.17) is 21.1 Å². The van der Waals surface area contributed by atoms with E-state index in [2.05, 4.69) is 37.4 Å². The van der Waals surface area contributed by atoms with Crippen molar-refractivity contribution in [3.63, 3.8) is 0 Å². The second kappa shape index (κ2) is 13.5. The predicted molar refractivity (Wildman–Crippen MR) is 168 cm³/mol. The molecule has 1 atom stereocenters. The first-order chi connectivity index (χ1) is 21.2. The van der Waals surface area contributed by atoms with Crippen molar-refractivity contribution in [1.29, 1.82) is 0 Å². The van der Waals surface area contributed by atoms with Gasteiger partial charge in [0.15, 0.2) is 5.83 Å². The highest BCUT2D eigenvalue weighted by molar-refractivity contribution is 6.35. The van der Waals surface area contributed by atoms with Crippen molar-refractivity contribution in [2.24, 2.45) is 0 Å². The number of carbonyl (C=O) groups excluding carboxylic acids is 1. The highest BCUT2D eigenvalue weighted by Crippen LogP contribution is 2.43. The number of amides is 1. The molecule has 1 amide bonds. The molecule has 3 heterocycles. The van der Waals surface area contributed by atoms with Gasteiger partial charge in [0, 0.05) is 23.7 Å².